The topological polar surface area (TPSA) is 102 Å². The maximum atomic E-state index is 12.1. The number of carboxylic acid groups (broad SMARTS) is 1. The van der Waals surface area contributed by atoms with Crippen LogP contribution in [0.5, 0.6) is 0 Å². The van der Waals surface area contributed by atoms with E-state index in [2.05, 4.69) is 4.72 Å². The molecular weight excluding hydrogens is 318 g/mol. The maximum Gasteiger partial charge on any atom is 0.346 e. The van der Waals surface area contributed by atoms with E-state index in [1.54, 1.807) is 20.8 Å². The fraction of sp³-hybridized carbons (Fsp3) is 0.583. The smallest absolute Gasteiger partial charge is 0.346 e. The van der Waals surface area contributed by atoms with Gasteiger partial charge in [-0.2, -0.15) is 0 Å². The second kappa shape index (κ2) is 5.65. The van der Waals surface area contributed by atoms with Gasteiger partial charge in [-0.15, -0.1) is 11.3 Å². The zero-order valence-corrected chi connectivity index (χ0v) is 13.5. The second-order valence-electron chi connectivity index (χ2n) is 5.19. The average Bonchev–Trinajstić information content (AvgIpc) is 2.90. The molecule has 0 spiro atoms. The Labute approximate surface area is 126 Å². The van der Waals surface area contributed by atoms with Gasteiger partial charge in [0, 0.05) is 6.54 Å². The van der Waals surface area contributed by atoms with E-state index >= 15 is 0 Å². The van der Waals surface area contributed by atoms with Crippen molar-refractivity contribution in [2.75, 3.05) is 13.2 Å². The normalized spacial score (nSPS) is 21.6. The van der Waals surface area contributed by atoms with Crippen molar-refractivity contribution in [3.63, 3.8) is 0 Å². The minimum atomic E-state index is -3.75. The predicted octanol–water partition coefficient (Wildman–Crippen LogP) is 1.18. The first-order valence-electron chi connectivity index (χ1n) is 6.26. The number of aromatic carboxylic acids is 1. The highest BCUT2D eigenvalue weighted by atomic mass is 32.2. The molecule has 21 heavy (non-hydrogen) atoms. The zero-order valence-electron chi connectivity index (χ0n) is 11.9. The van der Waals surface area contributed by atoms with Crippen molar-refractivity contribution in [2.24, 2.45) is 0 Å². The molecule has 118 valence electrons. The van der Waals surface area contributed by atoms with Gasteiger partial charge >= 0.3 is 5.97 Å². The number of rotatable bonds is 5. The molecule has 0 saturated carbocycles. The number of ether oxygens (including phenoxy) is 2. The van der Waals surface area contributed by atoms with E-state index in [1.807, 2.05) is 0 Å². The van der Waals surface area contributed by atoms with E-state index < -0.39 is 21.8 Å². The van der Waals surface area contributed by atoms with Crippen LogP contribution >= 0.6 is 11.3 Å². The van der Waals surface area contributed by atoms with Crippen molar-refractivity contribution in [2.45, 2.75) is 36.9 Å². The highest BCUT2D eigenvalue weighted by molar-refractivity contribution is 7.91. The van der Waals surface area contributed by atoms with Crippen molar-refractivity contribution in [3.05, 3.63) is 16.5 Å². The van der Waals surface area contributed by atoms with Crippen molar-refractivity contribution < 1.29 is 27.8 Å². The monoisotopic (exact) mass is 335 g/mol. The first-order valence-corrected chi connectivity index (χ1v) is 8.56. The summed E-state index contributed by atoms with van der Waals surface area (Å²) in [6.07, 6.45) is -0.366. The first-order chi connectivity index (χ1) is 9.61. The highest BCUT2D eigenvalue weighted by Crippen LogP contribution is 2.26. The van der Waals surface area contributed by atoms with Crippen LogP contribution in [0.25, 0.3) is 0 Å². The van der Waals surface area contributed by atoms with E-state index in [1.165, 1.54) is 6.07 Å². The van der Waals surface area contributed by atoms with Crippen molar-refractivity contribution in [3.8, 4) is 0 Å². The summed E-state index contributed by atoms with van der Waals surface area (Å²) in [7, 11) is -3.75. The van der Waals surface area contributed by atoms with Gasteiger partial charge in [-0.3, -0.25) is 0 Å². The lowest BCUT2D eigenvalue weighted by Gasteiger charge is -2.17. The largest absolute Gasteiger partial charge is 0.477 e. The molecule has 1 aliphatic heterocycles. The molecule has 0 radical (unpaired) electrons. The second-order valence-corrected chi connectivity index (χ2v) is 8.23. The Morgan fingerprint density at radius 2 is 2.24 bits per heavy atom. The molecule has 1 atom stereocenters. The summed E-state index contributed by atoms with van der Waals surface area (Å²) < 4.78 is 37.6. The zero-order chi connectivity index (χ0) is 15.8. The molecule has 1 aromatic heterocycles. The number of hydrogen-bond acceptors (Lipinski definition) is 6. The van der Waals surface area contributed by atoms with E-state index in [-0.39, 0.29) is 21.7 Å². The number of sulfonamides is 1. The van der Waals surface area contributed by atoms with Gasteiger partial charge in [0.1, 0.15) is 9.09 Å². The third-order valence-corrected chi connectivity index (χ3v) is 6.04. The lowest BCUT2D eigenvalue weighted by atomic mass is 10.3. The Kier molecular flexibility index (Phi) is 4.41. The SMILES string of the molecule is Cc1cc(S(=O)(=O)NCC2COC(C)(C)O2)sc1C(=O)O. The number of aryl methyl sites for hydroxylation is 1. The number of hydrogen-bond donors (Lipinski definition) is 2. The molecule has 0 aromatic carbocycles. The van der Waals surface area contributed by atoms with Crippen LogP contribution in [0.4, 0.5) is 0 Å². The third-order valence-electron chi connectivity index (χ3n) is 2.92. The predicted molar refractivity (Wildman–Crippen MR) is 76.1 cm³/mol. The van der Waals surface area contributed by atoms with Crippen molar-refractivity contribution in [1.82, 2.24) is 4.72 Å². The van der Waals surface area contributed by atoms with Crippen LogP contribution < -0.4 is 4.72 Å². The molecule has 9 heteroatoms. The minimum Gasteiger partial charge on any atom is -0.477 e. The van der Waals surface area contributed by atoms with Gasteiger partial charge in [0.15, 0.2) is 5.79 Å². The van der Waals surface area contributed by atoms with Crippen LogP contribution in [0.15, 0.2) is 10.3 Å². The molecule has 1 aromatic rings. The summed E-state index contributed by atoms with van der Waals surface area (Å²) >= 11 is 0.735. The quantitative estimate of drug-likeness (QED) is 0.838. The molecule has 0 amide bonds. The fourth-order valence-corrected chi connectivity index (χ4v) is 4.42. The van der Waals surface area contributed by atoms with Crippen LogP contribution in [-0.4, -0.2) is 44.5 Å². The molecule has 1 aliphatic rings. The number of carbonyl (C=O) groups is 1. The number of carboxylic acids is 1. The number of nitrogens with one attached hydrogen (secondary N) is 1. The lowest BCUT2D eigenvalue weighted by Crippen LogP contribution is -2.34. The molecule has 1 saturated heterocycles. The van der Waals surface area contributed by atoms with E-state index in [0.29, 0.717) is 12.2 Å². The van der Waals surface area contributed by atoms with Gasteiger partial charge in [-0.1, -0.05) is 0 Å². The van der Waals surface area contributed by atoms with Crippen molar-refractivity contribution in [1.29, 1.82) is 0 Å². The molecular formula is C12H17NO6S2. The van der Waals surface area contributed by atoms with E-state index in [9.17, 15) is 13.2 Å². The third kappa shape index (κ3) is 3.80. The Balaban J connectivity index is 2.05. The molecule has 0 aliphatic carbocycles. The summed E-state index contributed by atoms with van der Waals surface area (Å²) in [6, 6.07) is 1.35. The molecule has 1 unspecified atom stereocenters. The van der Waals surface area contributed by atoms with Crippen LogP contribution in [0.2, 0.25) is 0 Å². The van der Waals surface area contributed by atoms with Crippen LogP contribution in [0.1, 0.15) is 29.1 Å². The lowest BCUT2D eigenvalue weighted by molar-refractivity contribution is -0.137. The summed E-state index contributed by atoms with van der Waals surface area (Å²) in [5.74, 6) is -1.85. The first kappa shape index (κ1) is 16.4. The summed E-state index contributed by atoms with van der Waals surface area (Å²) in [4.78, 5) is 11.0. The standard InChI is InChI=1S/C12H17NO6S2/c1-7-4-9(20-10(7)11(14)15)21(16,17)13-5-8-6-18-12(2,3)19-8/h4,8,13H,5-6H2,1-3H3,(H,14,15). The maximum absolute atomic E-state index is 12.1. The summed E-state index contributed by atoms with van der Waals surface area (Å²) in [5, 5.41) is 8.96. The Morgan fingerprint density at radius 1 is 1.57 bits per heavy atom. The van der Waals surface area contributed by atoms with Crippen LogP contribution in [0, 0.1) is 6.92 Å². The minimum absolute atomic E-state index is 0.0180. The van der Waals surface area contributed by atoms with Gasteiger partial charge in [0.25, 0.3) is 0 Å². The molecule has 1 fully saturated rings. The van der Waals surface area contributed by atoms with Gasteiger partial charge in [0.2, 0.25) is 10.0 Å². The molecule has 2 N–H and O–H groups in total. The molecule has 2 rings (SSSR count). The van der Waals surface area contributed by atoms with Gasteiger partial charge in [-0.05, 0) is 32.4 Å². The summed E-state index contributed by atoms with van der Waals surface area (Å²) in [5.41, 5.74) is 0.425. The fourth-order valence-electron chi connectivity index (χ4n) is 1.94. The Morgan fingerprint density at radius 3 is 2.71 bits per heavy atom. The summed E-state index contributed by atoms with van der Waals surface area (Å²) in [6.45, 7) is 5.45. The van der Waals surface area contributed by atoms with Crippen molar-refractivity contribution >= 4 is 27.3 Å². The Hall–Kier alpha value is -1.00. The average molecular weight is 335 g/mol. The van der Waals surface area contributed by atoms with Crippen LogP contribution in [0.3, 0.4) is 0 Å². The number of thiophene rings is 1. The van der Waals surface area contributed by atoms with Gasteiger partial charge in [0.05, 0.1) is 12.7 Å². The highest BCUT2D eigenvalue weighted by Gasteiger charge is 2.33. The van der Waals surface area contributed by atoms with Crippen LogP contribution in [-0.2, 0) is 19.5 Å². The van der Waals surface area contributed by atoms with E-state index in [0.717, 1.165) is 11.3 Å². The van der Waals surface area contributed by atoms with Gasteiger partial charge in [-0.25, -0.2) is 17.9 Å². The molecule has 0 bridgehead atoms. The van der Waals surface area contributed by atoms with E-state index in [4.69, 9.17) is 14.6 Å². The Bertz CT molecular complexity index is 649. The molecule has 7 nitrogen and oxygen atoms in total. The van der Waals surface area contributed by atoms with Gasteiger partial charge < -0.3 is 14.6 Å². The molecule has 2 heterocycles.